The highest BCUT2D eigenvalue weighted by molar-refractivity contribution is 6.05. The van der Waals surface area contributed by atoms with Gasteiger partial charge in [-0.2, -0.15) is 0 Å². The number of carbonyl (C=O) groups excluding carboxylic acids is 2. The Morgan fingerprint density at radius 2 is 1.89 bits per heavy atom. The summed E-state index contributed by atoms with van der Waals surface area (Å²) in [6.07, 6.45) is 1.44. The summed E-state index contributed by atoms with van der Waals surface area (Å²) in [7, 11) is 0. The van der Waals surface area contributed by atoms with Crippen LogP contribution >= 0.6 is 0 Å². The second-order valence-corrected chi connectivity index (χ2v) is 5.39. The number of nitrogens with zero attached hydrogens (tertiary/aromatic N) is 1. The monoisotopic (exact) mass is 254 g/mol. The van der Waals surface area contributed by atoms with Crippen molar-refractivity contribution in [2.45, 2.75) is 32.8 Å². The van der Waals surface area contributed by atoms with Crippen molar-refractivity contribution in [2.75, 3.05) is 19.7 Å². The van der Waals surface area contributed by atoms with Gasteiger partial charge in [-0.25, -0.2) is 0 Å². The Morgan fingerprint density at radius 1 is 1.33 bits per heavy atom. The highest BCUT2D eigenvalue weighted by atomic mass is 16.5. The smallest absolute Gasteiger partial charge is 0.233 e. The third-order valence-corrected chi connectivity index (χ3v) is 4.02. The molecule has 0 aromatic carbocycles. The van der Waals surface area contributed by atoms with Crippen molar-refractivity contribution < 1.29 is 14.3 Å². The lowest BCUT2D eigenvalue weighted by Crippen LogP contribution is -2.42. The fraction of sp³-hybridized carbons (Fsp3) is 0.846. The van der Waals surface area contributed by atoms with Crippen LogP contribution in [0.4, 0.5) is 0 Å². The van der Waals surface area contributed by atoms with Crippen molar-refractivity contribution in [3.05, 3.63) is 0 Å². The van der Waals surface area contributed by atoms with E-state index in [1.165, 1.54) is 4.90 Å². The number of nitrogens with two attached hydrogens (primary N) is 1. The summed E-state index contributed by atoms with van der Waals surface area (Å²) in [6.45, 7) is 5.17. The van der Waals surface area contributed by atoms with Crippen LogP contribution in [0, 0.1) is 17.8 Å². The Balaban J connectivity index is 2.03. The molecule has 2 amide bonds. The van der Waals surface area contributed by atoms with E-state index in [4.69, 9.17) is 10.5 Å². The average Bonchev–Trinajstić information content (AvgIpc) is 2.82. The summed E-state index contributed by atoms with van der Waals surface area (Å²) in [5.74, 6) is 0.257. The van der Waals surface area contributed by atoms with Gasteiger partial charge in [0.15, 0.2) is 0 Å². The van der Waals surface area contributed by atoms with Crippen LogP contribution in [0.3, 0.4) is 0 Å². The standard InChI is InChI=1S/C13H22N2O3/c1-3-18-9(6-14)7-15-12(16)10-4-8(2)5-11(10)13(15)17/h8-11H,3-7,14H2,1-2H3. The van der Waals surface area contributed by atoms with Crippen LogP contribution in [0.25, 0.3) is 0 Å². The van der Waals surface area contributed by atoms with Crippen molar-refractivity contribution in [2.24, 2.45) is 23.5 Å². The minimum absolute atomic E-state index is 0.0208. The third kappa shape index (κ3) is 2.29. The number of ether oxygens (including phenoxy) is 1. The zero-order valence-electron chi connectivity index (χ0n) is 11.1. The van der Waals surface area contributed by atoms with E-state index >= 15 is 0 Å². The Kier molecular flexibility index (Phi) is 4.02. The van der Waals surface area contributed by atoms with Gasteiger partial charge < -0.3 is 10.5 Å². The Hall–Kier alpha value is -0.940. The first-order valence-corrected chi connectivity index (χ1v) is 6.75. The van der Waals surface area contributed by atoms with Crippen LogP contribution in [0.5, 0.6) is 0 Å². The van der Waals surface area contributed by atoms with Gasteiger partial charge in [0.05, 0.1) is 24.5 Å². The zero-order chi connectivity index (χ0) is 13.3. The maximum atomic E-state index is 12.2. The lowest BCUT2D eigenvalue weighted by atomic mass is 10.00. The molecule has 0 radical (unpaired) electrons. The lowest BCUT2D eigenvalue weighted by molar-refractivity contribution is -0.142. The first kappa shape index (κ1) is 13.5. The van der Waals surface area contributed by atoms with Gasteiger partial charge >= 0.3 is 0 Å². The molecule has 1 saturated carbocycles. The largest absolute Gasteiger partial charge is 0.375 e. The van der Waals surface area contributed by atoms with E-state index in [-0.39, 0.29) is 29.8 Å². The molecule has 2 fully saturated rings. The van der Waals surface area contributed by atoms with Gasteiger partial charge in [0.2, 0.25) is 11.8 Å². The minimum Gasteiger partial charge on any atom is -0.375 e. The van der Waals surface area contributed by atoms with Gasteiger partial charge in [0, 0.05) is 13.2 Å². The third-order valence-electron chi connectivity index (χ3n) is 4.02. The van der Waals surface area contributed by atoms with Crippen LogP contribution < -0.4 is 5.73 Å². The molecule has 0 aromatic rings. The molecule has 2 N–H and O–H groups in total. The predicted octanol–water partition coefficient (Wildman–Crippen LogP) is 0.381. The molecule has 0 aromatic heterocycles. The van der Waals surface area contributed by atoms with Gasteiger partial charge in [-0.15, -0.1) is 0 Å². The first-order valence-electron chi connectivity index (χ1n) is 6.75. The van der Waals surface area contributed by atoms with Gasteiger partial charge in [-0.3, -0.25) is 14.5 Å². The van der Waals surface area contributed by atoms with E-state index in [9.17, 15) is 9.59 Å². The molecular formula is C13H22N2O3. The molecule has 5 heteroatoms. The Bertz CT molecular complexity index is 321. The second kappa shape index (κ2) is 5.36. The van der Waals surface area contributed by atoms with Gasteiger partial charge in [-0.1, -0.05) is 6.92 Å². The maximum Gasteiger partial charge on any atom is 0.233 e. The molecule has 0 spiro atoms. The molecule has 102 valence electrons. The molecular weight excluding hydrogens is 232 g/mol. The quantitative estimate of drug-likeness (QED) is 0.720. The summed E-state index contributed by atoms with van der Waals surface area (Å²) in [4.78, 5) is 25.8. The molecule has 1 heterocycles. The van der Waals surface area contributed by atoms with E-state index in [2.05, 4.69) is 6.92 Å². The minimum atomic E-state index is -0.237. The molecule has 18 heavy (non-hydrogen) atoms. The molecule has 5 nitrogen and oxygen atoms in total. The number of rotatable bonds is 5. The van der Waals surface area contributed by atoms with Gasteiger partial charge in [0.1, 0.15) is 0 Å². The van der Waals surface area contributed by atoms with Crippen LogP contribution in [0.1, 0.15) is 26.7 Å². The SMILES string of the molecule is CCOC(CN)CN1C(=O)C2CC(C)CC2C1=O. The van der Waals surface area contributed by atoms with Crippen LogP contribution in [0.2, 0.25) is 0 Å². The summed E-state index contributed by atoms with van der Waals surface area (Å²) in [5.41, 5.74) is 5.59. The van der Waals surface area contributed by atoms with E-state index < -0.39 is 0 Å². The van der Waals surface area contributed by atoms with E-state index in [0.29, 0.717) is 25.6 Å². The fourth-order valence-corrected chi connectivity index (χ4v) is 3.16. The number of imide groups is 1. The summed E-state index contributed by atoms with van der Waals surface area (Å²) in [5, 5.41) is 0. The van der Waals surface area contributed by atoms with Crippen molar-refractivity contribution in [1.82, 2.24) is 4.90 Å². The number of fused-ring (bicyclic) bond motifs is 1. The van der Waals surface area contributed by atoms with Gasteiger partial charge in [0.25, 0.3) is 0 Å². The Labute approximate surface area is 108 Å². The number of hydrogen-bond donors (Lipinski definition) is 1. The van der Waals surface area contributed by atoms with Gasteiger partial charge in [-0.05, 0) is 25.7 Å². The zero-order valence-corrected chi connectivity index (χ0v) is 11.1. The van der Waals surface area contributed by atoms with Crippen molar-refractivity contribution in [3.8, 4) is 0 Å². The molecule has 2 rings (SSSR count). The predicted molar refractivity (Wildman–Crippen MR) is 66.6 cm³/mol. The molecule has 0 bridgehead atoms. The normalized spacial score (nSPS) is 33.1. The second-order valence-electron chi connectivity index (χ2n) is 5.39. The highest BCUT2D eigenvalue weighted by Crippen LogP contribution is 2.42. The summed E-state index contributed by atoms with van der Waals surface area (Å²) >= 11 is 0. The summed E-state index contributed by atoms with van der Waals surface area (Å²) < 4.78 is 5.42. The fourth-order valence-electron chi connectivity index (χ4n) is 3.16. The molecule has 1 saturated heterocycles. The number of likely N-dealkylation sites (tertiary alicyclic amines) is 1. The van der Waals surface area contributed by atoms with E-state index in [0.717, 1.165) is 12.8 Å². The van der Waals surface area contributed by atoms with Crippen LogP contribution in [0.15, 0.2) is 0 Å². The van der Waals surface area contributed by atoms with Crippen LogP contribution in [-0.2, 0) is 14.3 Å². The van der Waals surface area contributed by atoms with Crippen molar-refractivity contribution >= 4 is 11.8 Å². The van der Waals surface area contributed by atoms with E-state index in [1.54, 1.807) is 0 Å². The molecule has 3 unspecified atom stereocenters. The molecule has 1 aliphatic heterocycles. The number of hydrogen-bond acceptors (Lipinski definition) is 4. The number of amides is 2. The molecule has 1 aliphatic carbocycles. The lowest BCUT2D eigenvalue weighted by Gasteiger charge is -2.22. The first-order chi connectivity index (χ1) is 8.58. The van der Waals surface area contributed by atoms with Crippen molar-refractivity contribution in [1.29, 1.82) is 0 Å². The van der Waals surface area contributed by atoms with Crippen molar-refractivity contribution in [3.63, 3.8) is 0 Å². The average molecular weight is 254 g/mol. The topological polar surface area (TPSA) is 72.6 Å². The molecule has 3 atom stereocenters. The maximum absolute atomic E-state index is 12.2. The Morgan fingerprint density at radius 3 is 2.33 bits per heavy atom. The number of carbonyl (C=O) groups is 2. The van der Waals surface area contributed by atoms with Crippen LogP contribution in [-0.4, -0.2) is 42.5 Å². The van der Waals surface area contributed by atoms with E-state index in [1.807, 2.05) is 6.92 Å². The summed E-state index contributed by atoms with van der Waals surface area (Å²) in [6, 6.07) is 0. The molecule has 2 aliphatic rings. The highest BCUT2D eigenvalue weighted by Gasteiger charge is 2.51.